The van der Waals surface area contributed by atoms with Crippen molar-refractivity contribution in [2.75, 3.05) is 13.1 Å². The standard InChI is InChI=1S/C19H29N3O2/c1-14(2)11-16(20)19(24)21-17-9-6-10-22(13-18(17)23)12-15-7-4-3-5-8-15/h3-5,7-8,14,16-17H,6,9-13,20H2,1-2H3,(H,21,24)/t16-,17?/m0/s1. The van der Waals surface area contributed by atoms with E-state index in [4.69, 9.17) is 5.73 Å². The van der Waals surface area contributed by atoms with Gasteiger partial charge in [0.15, 0.2) is 5.78 Å². The van der Waals surface area contributed by atoms with Gasteiger partial charge >= 0.3 is 0 Å². The molecule has 5 heteroatoms. The molecule has 0 spiro atoms. The highest BCUT2D eigenvalue weighted by atomic mass is 16.2. The number of hydrogen-bond donors (Lipinski definition) is 2. The number of nitrogens with zero attached hydrogens (tertiary/aromatic N) is 1. The van der Waals surface area contributed by atoms with Gasteiger partial charge in [0.2, 0.25) is 5.91 Å². The molecule has 0 radical (unpaired) electrons. The topological polar surface area (TPSA) is 75.4 Å². The van der Waals surface area contributed by atoms with Crippen molar-refractivity contribution in [3.63, 3.8) is 0 Å². The number of nitrogens with two attached hydrogens (primary N) is 1. The van der Waals surface area contributed by atoms with Crippen LogP contribution in [-0.4, -0.2) is 41.8 Å². The summed E-state index contributed by atoms with van der Waals surface area (Å²) in [4.78, 5) is 26.8. The number of hydrogen-bond acceptors (Lipinski definition) is 4. The Morgan fingerprint density at radius 3 is 2.71 bits per heavy atom. The highest BCUT2D eigenvalue weighted by Gasteiger charge is 2.27. The van der Waals surface area contributed by atoms with E-state index in [0.717, 1.165) is 19.5 Å². The van der Waals surface area contributed by atoms with Gasteiger partial charge in [-0.3, -0.25) is 14.5 Å². The number of Topliss-reactive ketones (excluding diaryl/α,β-unsaturated/α-hetero) is 1. The first-order valence-electron chi connectivity index (χ1n) is 8.80. The van der Waals surface area contributed by atoms with E-state index in [2.05, 4.69) is 22.3 Å². The number of nitrogens with one attached hydrogen (secondary N) is 1. The van der Waals surface area contributed by atoms with E-state index in [1.54, 1.807) is 0 Å². The van der Waals surface area contributed by atoms with Gasteiger partial charge in [-0.15, -0.1) is 0 Å². The summed E-state index contributed by atoms with van der Waals surface area (Å²) in [5.74, 6) is 0.226. The SMILES string of the molecule is CC(C)C[C@H](N)C(=O)NC1CCCN(Cc2ccccc2)CC1=O. The van der Waals surface area contributed by atoms with Crippen molar-refractivity contribution < 1.29 is 9.59 Å². The first-order valence-corrected chi connectivity index (χ1v) is 8.80. The molecule has 1 aliphatic heterocycles. The maximum Gasteiger partial charge on any atom is 0.237 e. The second kappa shape index (κ2) is 8.94. The minimum Gasteiger partial charge on any atom is -0.345 e. The zero-order valence-corrected chi connectivity index (χ0v) is 14.7. The summed E-state index contributed by atoms with van der Waals surface area (Å²) in [5.41, 5.74) is 7.12. The smallest absolute Gasteiger partial charge is 0.237 e. The Kier molecular flexibility index (Phi) is 6.94. The van der Waals surface area contributed by atoms with Crippen LogP contribution in [0.5, 0.6) is 0 Å². The van der Waals surface area contributed by atoms with E-state index in [1.165, 1.54) is 5.56 Å². The van der Waals surface area contributed by atoms with Gasteiger partial charge in [0.25, 0.3) is 0 Å². The fourth-order valence-corrected chi connectivity index (χ4v) is 3.11. The van der Waals surface area contributed by atoms with Crippen molar-refractivity contribution in [2.24, 2.45) is 11.7 Å². The first kappa shape index (κ1) is 18.6. The van der Waals surface area contributed by atoms with E-state index in [9.17, 15) is 9.59 Å². The van der Waals surface area contributed by atoms with Gasteiger partial charge in [-0.2, -0.15) is 0 Å². The molecule has 1 fully saturated rings. The summed E-state index contributed by atoms with van der Waals surface area (Å²) in [7, 11) is 0. The van der Waals surface area contributed by atoms with Gasteiger partial charge in [0.05, 0.1) is 18.6 Å². The minimum atomic E-state index is -0.540. The van der Waals surface area contributed by atoms with Crippen LogP contribution in [0.2, 0.25) is 0 Å². The zero-order chi connectivity index (χ0) is 17.5. The Labute approximate surface area is 144 Å². The number of carbonyl (C=O) groups is 2. The largest absolute Gasteiger partial charge is 0.345 e. The number of rotatable bonds is 6. The van der Waals surface area contributed by atoms with Crippen LogP contribution in [0, 0.1) is 5.92 Å². The molecule has 132 valence electrons. The van der Waals surface area contributed by atoms with Gasteiger partial charge in [0.1, 0.15) is 0 Å². The minimum absolute atomic E-state index is 0.0773. The monoisotopic (exact) mass is 331 g/mol. The van der Waals surface area contributed by atoms with Gasteiger partial charge in [0, 0.05) is 6.54 Å². The van der Waals surface area contributed by atoms with Crippen LogP contribution < -0.4 is 11.1 Å². The van der Waals surface area contributed by atoms with Crippen LogP contribution in [0.15, 0.2) is 30.3 Å². The Morgan fingerprint density at radius 2 is 2.04 bits per heavy atom. The normalized spacial score (nSPS) is 20.7. The average molecular weight is 331 g/mol. The second-order valence-electron chi connectivity index (χ2n) is 7.10. The van der Waals surface area contributed by atoms with Crippen LogP contribution >= 0.6 is 0 Å². The Hall–Kier alpha value is -1.72. The molecule has 24 heavy (non-hydrogen) atoms. The number of carbonyl (C=O) groups excluding carboxylic acids is 2. The number of benzene rings is 1. The number of amides is 1. The maximum absolute atomic E-state index is 12.5. The average Bonchev–Trinajstić information content (AvgIpc) is 2.69. The van der Waals surface area contributed by atoms with Crippen LogP contribution in [0.25, 0.3) is 0 Å². The molecular weight excluding hydrogens is 302 g/mol. The van der Waals surface area contributed by atoms with Gasteiger partial charge in [-0.25, -0.2) is 0 Å². The molecule has 2 atom stereocenters. The third-order valence-electron chi connectivity index (χ3n) is 4.36. The van der Waals surface area contributed by atoms with E-state index in [-0.39, 0.29) is 11.7 Å². The zero-order valence-electron chi connectivity index (χ0n) is 14.7. The van der Waals surface area contributed by atoms with Crippen molar-refractivity contribution in [3.05, 3.63) is 35.9 Å². The fourth-order valence-electron chi connectivity index (χ4n) is 3.11. The Balaban J connectivity index is 1.88. The van der Waals surface area contributed by atoms with Gasteiger partial charge in [-0.05, 0) is 37.3 Å². The molecule has 1 aromatic rings. The molecule has 0 saturated carbocycles. The van der Waals surface area contributed by atoms with Crippen molar-refractivity contribution in [3.8, 4) is 0 Å². The molecule has 1 aromatic carbocycles. The van der Waals surface area contributed by atoms with Gasteiger partial charge < -0.3 is 11.1 Å². The van der Waals surface area contributed by atoms with Crippen molar-refractivity contribution >= 4 is 11.7 Å². The molecule has 5 nitrogen and oxygen atoms in total. The highest BCUT2D eigenvalue weighted by molar-refractivity contribution is 5.92. The Bertz CT molecular complexity index is 545. The summed E-state index contributed by atoms with van der Waals surface area (Å²) < 4.78 is 0. The van der Waals surface area contributed by atoms with Crippen molar-refractivity contribution in [1.82, 2.24) is 10.2 Å². The summed E-state index contributed by atoms with van der Waals surface area (Å²) in [5, 5.41) is 2.86. The molecule has 1 amide bonds. The first-order chi connectivity index (χ1) is 11.5. The lowest BCUT2D eigenvalue weighted by atomic mass is 10.0. The summed E-state index contributed by atoms with van der Waals surface area (Å²) >= 11 is 0. The molecule has 0 bridgehead atoms. The van der Waals surface area contributed by atoms with Crippen LogP contribution in [0.4, 0.5) is 0 Å². The molecule has 3 N–H and O–H groups in total. The third kappa shape index (κ3) is 5.73. The van der Waals surface area contributed by atoms with Crippen molar-refractivity contribution in [1.29, 1.82) is 0 Å². The molecule has 1 aliphatic rings. The molecule has 1 heterocycles. The number of ketones is 1. The highest BCUT2D eigenvalue weighted by Crippen LogP contribution is 2.13. The van der Waals surface area contributed by atoms with E-state index < -0.39 is 12.1 Å². The quantitative estimate of drug-likeness (QED) is 0.832. The Morgan fingerprint density at radius 1 is 1.33 bits per heavy atom. The predicted octanol–water partition coefficient (Wildman–Crippen LogP) is 1.71. The molecule has 2 rings (SSSR count). The summed E-state index contributed by atoms with van der Waals surface area (Å²) in [6, 6.07) is 9.20. The molecule has 1 unspecified atom stereocenters. The lowest BCUT2D eigenvalue weighted by Crippen LogP contribution is -2.49. The fraction of sp³-hybridized carbons (Fsp3) is 0.579. The van der Waals surface area contributed by atoms with E-state index in [0.29, 0.717) is 25.3 Å². The maximum atomic E-state index is 12.5. The lowest BCUT2D eigenvalue weighted by molar-refractivity contribution is -0.129. The lowest BCUT2D eigenvalue weighted by Gasteiger charge is -2.21. The number of likely N-dealkylation sites (tertiary alicyclic amines) is 1. The van der Waals surface area contributed by atoms with E-state index in [1.807, 2.05) is 32.0 Å². The molecule has 1 saturated heterocycles. The van der Waals surface area contributed by atoms with Crippen LogP contribution in [0.3, 0.4) is 0 Å². The second-order valence-corrected chi connectivity index (χ2v) is 7.10. The van der Waals surface area contributed by atoms with Crippen LogP contribution in [-0.2, 0) is 16.1 Å². The van der Waals surface area contributed by atoms with E-state index >= 15 is 0 Å². The predicted molar refractivity (Wildman–Crippen MR) is 95.3 cm³/mol. The summed E-state index contributed by atoms with van der Waals surface area (Å²) in [6.07, 6.45) is 2.21. The molecule has 0 aromatic heterocycles. The third-order valence-corrected chi connectivity index (χ3v) is 4.36. The molecule has 0 aliphatic carbocycles. The van der Waals surface area contributed by atoms with Crippen molar-refractivity contribution in [2.45, 2.75) is 51.7 Å². The molecular formula is C19H29N3O2. The van der Waals surface area contributed by atoms with Crippen LogP contribution in [0.1, 0.15) is 38.7 Å². The van der Waals surface area contributed by atoms with Gasteiger partial charge in [-0.1, -0.05) is 44.2 Å². The summed E-state index contributed by atoms with van der Waals surface area (Å²) in [6.45, 7) is 6.07.